The van der Waals surface area contributed by atoms with Crippen molar-refractivity contribution in [2.24, 2.45) is 17.3 Å². The zero-order valence-electron chi connectivity index (χ0n) is 11.6. The summed E-state index contributed by atoms with van der Waals surface area (Å²) in [6, 6.07) is 5.38. The van der Waals surface area contributed by atoms with Crippen LogP contribution in [-0.4, -0.2) is 10.9 Å². The smallest absolute Gasteiger partial charge is 0.159 e. The minimum absolute atomic E-state index is 0.0983. The van der Waals surface area contributed by atoms with Gasteiger partial charge in [-0.1, -0.05) is 32.1 Å². The third kappa shape index (κ3) is 2.05. The lowest BCUT2D eigenvalue weighted by atomic mass is 9.48. The number of hydrogen-bond acceptors (Lipinski definition) is 2. The number of phenols is 1. The highest BCUT2D eigenvalue weighted by molar-refractivity contribution is 9.10. The van der Waals surface area contributed by atoms with Gasteiger partial charge in [0.05, 0.1) is 4.47 Å². The quantitative estimate of drug-likeness (QED) is 0.874. The minimum atomic E-state index is 0.0983. The summed E-state index contributed by atoms with van der Waals surface area (Å²) in [5.41, 5.74) is 2.23. The highest BCUT2D eigenvalue weighted by atomic mass is 79.9. The normalized spacial score (nSPS) is 27.4. The molecule has 1 N–H and O–H groups in total. The molecule has 0 spiro atoms. The van der Waals surface area contributed by atoms with Gasteiger partial charge in [0.25, 0.3) is 0 Å². The number of halogens is 1. The molecule has 1 aromatic carbocycles. The van der Waals surface area contributed by atoms with Crippen molar-refractivity contribution < 1.29 is 9.90 Å². The maximum Gasteiger partial charge on any atom is 0.159 e. The number of carbonyl (C=O) groups excluding carboxylic acids is 1. The second-order valence-electron chi connectivity index (χ2n) is 6.25. The van der Waals surface area contributed by atoms with Crippen molar-refractivity contribution in [3.8, 4) is 5.75 Å². The van der Waals surface area contributed by atoms with Crippen molar-refractivity contribution in [2.75, 3.05) is 0 Å². The average Bonchev–Trinajstić information content (AvgIpc) is 2.39. The Balaban J connectivity index is 1.86. The molecular weight excluding hydrogens is 316 g/mol. The van der Waals surface area contributed by atoms with Crippen LogP contribution in [0.25, 0.3) is 6.08 Å². The van der Waals surface area contributed by atoms with Gasteiger partial charge >= 0.3 is 0 Å². The first-order valence-corrected chi connectivity index (χ1v) is 7.61. The van der Waals surface area contributed by atoms with E-state index in [0.717, 1.165) is 17.6 Å². The molecule has 2 bridgehead atoms. The zero-order valence-corrected chi connectivity index (χ0v) is 13.1. The van der Waals surface area contributed by atoms with Gasteiger partial charge in [0.2, 0.25) is 0 Å². The maximum atomic E-state index is 12.0. The van der Waals surface area contributed by atoms with E-state index in [4.69, 9.17) is 0 Å². The number of carbonyl (C=O) groups is 1. The molecule has 0 saturated heterocycles. The van der Waals surface area contributed by atoms with Gasteiger partial charge in [-0.2, -0.15) is 0 Å². The SMILES string of the molecule is CC1(C)[C@@H]2C[C@H]1C(C=Cc1ccc(O)c(Br)c1)=CC2=O. The van der Waals surface area contributed by atoms with Gasteiger partial charge in [-0.3, -0.25) is 4.79 Å². The van der Waals surface area contributed by atoms with Crippen molar-refractivity contribution in [3.05, 3.63) is 46.0 Å². The van der Waals surface area contributed by atoms with Crippen LogP contribution in [0.5, 0.6) is 5.75 Å². The molecule has 3 aliphatic rings. The lowest BCUT2D eigenvalue weighted by molar-refractivity contribution is -0.133. The largest absolute Gasteiger partial charge is 0.507 e. The van der Waals surface area contributed by atoms with E-state index in [1.165, 1.54) is 0 Å². The monoisotopic (exact) mass is 332 g/mol. The number of benzene rings is 1. The van der Waals surface area contributed by atoms with Crippen molar-refractivity contribution in [2.45, 2.75) is 20.3 Å². The Morgan fingerprint density at radius 1 is 1.30 bits per heavy atom. The van der Waals surface area contributed by atoms with Crippen molar-refractivity contribution >= 4 is 27.8 Å². The number of rotatable bonds is 2. The van der Waals surface area contributed by atoms with E-state index < -0.39 is 0 Å². The summed E-state index contributed by atoms with van der Waals surface area (Å²) in [7, 11) is 0. The second-order valence-corrected chi connectivity index (χ2v) is 7.11. The lowest BCUT2D eigenvalue weighted by Crippen LogP contribution is -2.52. The molecule has 4 rings (SSSR count). The fraction of sp³-hybridized carbons (Fsp3) is 0.353. The second kappa shape index (κ2) is 4.59. The molecule has 1 aromatic rings. The molecule has 0 aliphatic heterocycles. The number of aromatic hydroxyl groups is 1. The van der Waals surface area contributed by atoms with E-state index in [9.17, 15) is 9.90 Å². The fourth-order valence-corrected chi connectivity index (χ4v) is 3.72. The molecule has 2 atom stereocenters. The van der Waals surface area contributed by atoms with Crippen LogP contribution in [0.15, 0.2) is 40.4 Å². The Morgan fingerprint density at radius 3 is 2.65 bits per heavy atom. The summed E-state index contributed by atoms with van der Waals surface area (Å²) in [6.45, 7) is 4.36. The Kier molecular flexibility index (Phi) is 3.13. The molecule has 0 radical (unpaired) electrons. The van der Waals surface area contributed by atoms with Crippen LogP contribution in [0, 0.1) is 17.3 Å². The average molecular weight is 333 g/mol. The Bertz CT molecular complexity index is 640. The molecule has 3 heteroatoms. The third-order valence-electron chi connectivity index (χ3n) is 4.76. The first-order valence-electron chi connectivity index (χ1n) is 6.81. The summed E-state index contributed by atoms with van der Waals surface area (Å²) >= 11 is 3.31. The fourth-order valence-electron chi connectivity index (χ4n) is 3.32. The van der Waals surface area contributed by atoms with Crippen LogP contribution in [0.3, 0.4) is 0 Å². The molecule has 0 amide bonds. The molecule has 2 nitrogen and oxygen atoms in total. The van der Waals surface area contributed by atoms with E-state index >= 15 is 0 Å². The van der Waals surface area contributed by atoms with Crippen LogP contribution >= 0.6 is 15.9 Å². The number of hydrogen-bond donors (Lipinski definition) is 1. The van der Waals surface area contributed by atoms with Crippen LogP contribution in [-0.2, 0) is 4.79 Å². The standard InChI is InChI=1S/C17H17BrO2/c1-17(2)12-9-13(17)16(20)8-11(12)5-3-10-4-6-15(19)14(18)7-10/h3-8,12-13,19H,9H2,1-2H3/t12-,13+/m0/s1. The molecule has 0 heterocycles. The number of phenolic OH excluding ortho intramolecular Hbond substituents is 1. The molecule has 1 fully saturated rings. The van der Waals surface area contributed by atoms with Crippen LogP contribution < -0.4 is 0 Å². The first kappa shape index (κ1) is 13.6. The summed E-state index contributed by atoms with van der Waals surface area (Å²) in [6.07, 6.45) is 6.83. The molecule has 0 aromatic heterocycles. The topological polar surface area (TPSA) is 37.3 Å². The third-order valence-corrected chi connectivity index (χ3v) is 5.40. The number of fused-ring (bicyclic) bond motifs is 1. The minimum Gasteiger partial charge on any atom is -0.507 e. The first-order chi connectivity index (χ1) is 9.39. The van der Waals surface area contributed by atoms with E-state index in [0.29, 0.717) is 10.4 Å². The van der Waals surface area contributed by atoms with Gasteiger partial charge in [0.15, 0.2) is 5.78 Å². The highest BCUT2D eigenvalue weighted by Crippen LogP contribution is 2.58. The number of allylic oxidation sites excluding steroid dienone is 3. The van der Waals surface area contributed by atoms with Crippen molar-refractivity contribution in [3.63, 3.8) is 0 Å². The summed E-state index contributed by atoms with van der Waals surface area (Å²) < 4.78 is 0.678. The molecule has 3 aliphatic carbocycles. The van der Waals surface area contributed by atoms with E-state index in [1.54, 1.807) is 12.1 Å². The molecule has 0 unspecified atom stereocenters. The van der Waals surface area contributed by atoms with Gasteiger partial charge in [0.1, 0.15) is 5.75 Å². The predicted octanol–water partition coefficient (Wildman–Crippen LogP) is 4.34. The molecule has 20 heavy (non-hydrogen) atoms. The van der Waals surface area contributed by atoms with Gasteiger partial charge in [-0.25, -0.2) is 0 Å². The maximum absolute atomic E-state index is 12.0. The summed E-state index contributed by atoms with van der Waals surface area (Å²) in [5.74, 6) is 1.20. The summed E-state index contributed by atoms with van der Waals surface area (Å²) in [5, 5.41) is 9.49. The predicted molar refractivity (Wildman–Crippen MR) is 83.3 cm³/mol. The van der Waals surface area contributed by atoms with Crippen LogP contribution in [0.1, 0.15) is 25.8 Å². The molecule has 104 valence electrons. The zero-order chi connectivity index (χ0) is 14.5. The van der Waals surface area contributed by atoms with E-state index in [2.05, 4.69) is 29.8 Å². The summed E-state index contributed by atoms with van der Waals surface area (Å²) in [4.78, 5) is 12.0. The van der Waals surface area contributed by atoms with Gasteiger partial charge in [-0.05, 0) is 63.0 Å². The Labute approximate surface area is 127 Å². The number of ketones is 1. The van der Waals surface area contributed by atoms with Crippen molar-refractivity contribution in [1.29, 1.82) is 0 Å². The van der Waals surface area contributed by atoms with Crippen molar-refractivity contribution in [1.82, 2.24) is 0 Å². The Morgan fingerprint density at radius 2 is 2.05 bits per heavy atom. The van der Waals surface area contributed by atoms with Gasteiger partial charge < -0.3 is 5.11 Å². The van der Waals surface area contributed by atoms with Gasteiger partial charge in [-0.15, -0.1) is 0 Å². The van der Waals surface area contributed by atoms with Gasteiger partial charge in [0, 0.05) is 5.92 Å². The Hall–Kier alpha value is -1.35. The van der Waals surface area contributed by atoms with E-state index in [1.807, 2.05) is 24.3 Å². The lowest BCUT2D eigenvalue weighted by Gasteiger charge is -2.54. The molecule has 1 saturated carbocycles. The van der Waals surface area contributed by atoms with E-state index in [-0.39, 0.29) is 22.9 Å². The highest BCUT2D eigenvalue weighted by Gasteiger charge is 2.54. The van der Waals surface area contributed by atoms with Crippen LogP contribution in [0.4, 0.5) is 0 Å². The van der Waals surface area contributed by atoms with Crippen LogP contribution in [0.2, 0.25) is 0 Å². The molecular formula is C17H17BrO2.